The summed E-state index contributed by atoms with van der Waals surface area (Å²) in [5.41, 5.74) is 3.50. The molecule has 41 heavy (non-hydrogen) atoms. The van der Waals surface area contributed by atoms with Crippen LogP contribution in [0.1, 0.15) is 42.4 Å². The van der Waals surface area contributed by atoms with Crippen molar-refractivity contribution in [2.75, 3.05) is 26.3 Å². The van der Waals surface area contributed by atoms with Gasteiger partial charge in [0.05, 0.1) is 6.61 Å². The smallest absolute Gasteiger partial charge is 0.415 e. The third kappa shape index (κ3) is 9.53. The van der Waals surface area contributed by atoms with Gasteiger partial charge in [0, 0.05) is 19.0 Å². The minimum absolute atomic E-state index is 0.125. The van der Waals surface area contributed by atoms with Gasteiger partial charge in [-0.15, -0.1) is 0 Å². The first kappa shape index (κ1) is 29.4. The average Bonchev–Trinajstić information content (AvgIpc) is 3.01. The zero-order chi connectivity index (χ0) is 28.7. The van der Waals surface area contributed by atoms with Crippen LogP contribution in [0.5, 0.6) is 11.5 Å². The van der Waals surface area contributed by atoms with Crippen molar-refractivity contribution >= 4 is 12.1 Å². The molecule has 0 aromatic heterocycles. The SMILES string of the molecule is CCOC(=O)COc1cccc(CCCN(CCC(c2ccccc2)c2ccccc2)C(=O)Oc2ccccc2)c1. The maximum Gasteiger partial charge on any atom is 0.415 e. The molecule has 0 heterocycles. The summed E-state index contributed by atoms with van der Waals surface area (Å²) in [6.45, 7) is 3.04. The lowest BCUT2D eigenvalue weighted by Crippen LogP contribution is -2.36. The van der Waals surface area contributed by atoms with Gasteiger partial charge in [-0.1, -0.05) is 91.0 Å². The molecule has 212 valence electrons. The van der Waals surface area contributed by atoms with Crippen molar-refractivity contribution in [3.8, 4) is 11.5 Å². The summed E-state index contributed by atoms with van der Waals surface area (Å²) >= 11 is 0. The second kappa shape index (κ2) is 15.9. The molecule has 0 unspecified atom stereocenters. The zero-order valence-electron chi connectivity index (χ0n) is 23.5. The normalized spacial score (nSPS) is 10.7. The molecule has 0 aliphatic rings. The fourth-order valence-electron chi connectivity index (χ4n) is 4.74. The van der Waals surface area contributed by atoms with E-state index in [1.807, 2.05) is 54.6 Å². The highest BCUT2D eigenvalue weighted by Gasteiger charge is 2.20. The summed E-state index contributed by atoms with van der Waals surface area (Å²) in [6.07, 6.45) is 1.89. The van der Waals surface area contributed by atoms with Gasteiger partial charge in [-0.2, -0.15) is 0 Å². The zero-order valence-corrected chi connectivity index (χ0v) is 23.5. The number of rotatable bonds is 14. The molecule has 4 aromatic rings. The van der Waals surface area contributed by atoms with Crippen molar-refractivity contribution in [1.82, 2.24) is 4.90 Å². The van der Waals surface area contributed by atoms with Crippen LogP contribution in [0, 0.1) is 0 Å². The van der Waals surface area contributed by atoms with Crippen LogP contribution in [0.25, 0.3) is 0 Å². The summed E-state index contributed by atoms with van der Waals surface area (Å²) in [5.74, 6) is 0.897. The first-order chi connectivity index (χ1) is 20.1. The van der Waals surface area contributed by atoms with Crippen molar-refractivity contribution in [2.45, 2.75) is 32.1 Å². The van der Waals surface area contributed by atoms with Crippen LogP contribution in [-0.2, 0) is 16.0 Å². The molecule has 0 fully saturated rings. The van der Waals surface area contributed by atoms with E-state index in [1.54, 1.807) is 24.0 Å². The molecule has 0 bridgehead atoms. The topological polar surface area (TPSA) is 65.1 Å². The van der Waals surface area contributed by atoms with Crippen molar-refractivity contribution in [3.05, 3.63) is 132 Å². The van der Waals surface area contributed by atoms with Crippen molar-refractivity contribution in [3.63, 3.8) is 0 Å². The first-order valence-corrected chi connectivity index (χ1v) is 14.1. The third-order valence-corrected chi connectivity index (χ3v) is 6.75. The molecule has 4 aromatic carbocycles. The summed E-state index contributed by atoms with van der Waals surface area (Å²) in [7, 11) is 0. The highest BCUT2D eigenvalue weighted by atomic mass is 16.6. The van der Waals surface area contributed by atoms with Crippen molar-refractivity contribution in [2.24, 2.45) is 0 Å². The number of amides is 1. The molecular formula is C35H37NO5. The van der Waals surface area contributed by atoms with Crippen molar-refractivity contribution in [1.29, 1.82) is 0 Å². The van der Waals surface area contributed by atoms with E-state index in [0.717, 1.165) is 24.8 Å². The lowest BCUT2D eigenvalue weighted by atomic mass is 9.88. The molecule has 0 spiro atoms. The Morgan fingerprint density at radius 3 is 1.98 bits per heavy atom. The first-order valence-electron chi connectivity index (χ1n) is 14.1. The molecule has 1 amide bonds. The van der Waals surface area contributed by atoms with Crippen LogP contribution in [-0.4, -0.2) is 43.3 Å². The molecule has 0 aliphatic heterocycles. The second-order valence-electron chi connectivity index (χ2n) is 9.68. The van der Waals surface area contributed by atoms with Gasteiger partial charge >= 0.3 is 12.1 Å². The Labute approximate surface area is 242 Å². The molecule has 6 heteroatoms. The summed E-state index contributed by atoms with van der Waals surface area (Å²) in [4.78, 5) is 26.8. The fraction of sp³-hybridized carbons (Fsp3) is 0.257. The van der Waals surface area contributed by atoms with Crippen molar-refractivity contribution < 1.29 is 23.8 Å². The van der Waals surface area contributed by atoms with Crippen LogP contribution >= 0.6 is 0 Å². The number of hydrogen-bond donors (Lipinski definition) is 0. The van der Waals surface area contributed by atoms with Gasteiger partial charge in [-0.25, -0.2) is 9.59 Å². The lowest BCUT2D eigenvalue weighted by molar-refractivity contribution is -0.145. The predicted octanol–water partition coefficient (Wildman–Crippen LogP) is 7.28. The number of para-hydroxylation sites is 1. The second-order valence-corrected chi connectivity index (χ2v) is 9.68. The predicted molar refractivity (Wildman–Crippen MR) is 160 cm³/mol. The highest BCUT2D eigenvalue weighted by Crippen LogP contribution is 2.28. The fourth-order valence-corrected chi connectivity index (χ4v) is 4.74. The number of aryl methyl sites for hydroxylation is 1. The quantitative estimate of drug-likeness (QED) is 0.154. The number of benzene rings is 4. The molecule has 6 nitrogen and oxygen atoms in total. The van der Waals surface area contributed by atoms with Gasteiger partial charge in [0.1, 0.15) is 11.5 Å². The molecule has 0 aliphatic carbocycles. The standard InChI is InChI=1S/C35H37NO5/c1-2-39-34(37)27-40-32-22-12-14-28(26-32)15-13-24-36(35(38)41-31-20-10-5-11-21-31)25-23-33(29-16-6-3-7-17-29)30-18-8-4-9-19-30/h3-12,14,16-22,26,33H,2,13,15,23-25,27H2,1H3. The highest BCUT2D eigenvalue weighted by molar-refractivity contribution is 5.71. The number of hydrogen-bond acceptors (Lipinski definition) is 5. The Morgan fingerprint density at radius 1 is 0.732 bits per heavy atom. The van der Waals surface area contributed by atoms with E-state index < -0.39 is 5.97 Å². The van der Waals surface area contributed by atoms with E-state index in [1.165, 1.54) is 11.1 Å². The van der Waals surface area contributed by atoms with Crippen LogP contribution < -0.4 is 9.47 Å². The Bertz CT molecular complexity index is 1310. The lowest BCUT2D eigenvalue weighted by Gasteiger charge is -2.25. The Morgan fingerprint density at radius 2 is 1.34 bits per heavy atom. The number of nitrogens with zero attached hydrogens (tertiary/aromatic N) is 1. The molecule has 0 saturated heterocycles. The van der Waals surface area contributed by atoms with E-state index >= 15 is 0 Å². The van der Waals surface area contributed by atoms with Crippen LogP contribution in [0.3, 0.4) is 0 Å². The Hall–Kier alpha value is -4.58. The maximum atomic E-state index is 13.3. The molecule has 4 rings (SSSR count). The third-order valence-electron chi connectivity index (χ3n) is 6.75. The van der Waals surface area contributed by atoms with Crippen LogP contribution in [0.2, 0.25) is 0 Å². The van der Waals surface area contributed by atoms with E-state index in [0.29, 0.717) is 31.2 Å². The molecule has 0 saturated carbocycles. The van der Waals surface area contributed by atoms with E-state index in [2.05, 4.69) is 48.5 Å². The monoisotopic (exact) mass is 551 g/mol. The number of esters is 1. The van der Waals surface area contributed by atoms with Gasteiger partial charge in [0.15, 0.2) is 6.61 Å². The molecular weight excluding hydrogens is 514 g/mol. The van der Waals surface area contributed by atoms with E-state index in [-0.39, 0.29) is 18.6 Å². The molecule has 0 N–H and O–H groups in total. The van der Waals surface area contributed by atoms with Crippen LogP contribution in [0.4, 0.5) is 4.79 Å². The summed E-state index contributed by atoms with van der Waals surface area (Å²) in [5, 5.41) is 0. The minimum atomic E-state index is -0.394. The largest absolute Gasteiger partial charge is 0.482 e. The number of carbonyl (C=O) groups is 2. The molecule has 0 radical (unpaired) electrons. The van der Waals surface area contributed by atoms with E-state index in [4.69, 9.17) is 14.2 Å². The number of ether oxygens (including phenoxy) is 3. The van der Waals surface area contributed by atoms with Crippen LogP contribution in [0.15, 0.2) is 115 Å². The van der Waals surface area contributed by atoms with Gasteiger partial charge < -0.3 is 19.1 Å². The average molecular weight is 552 g/mol. The van der Waals surface area contributed by atoms with Gasteiger partial charge in [-0.05, 0) is 67.1 Å². The maximum absolute atomic E-state index is 13.3. The van der Waals surface area contributed by atoms with Gasteiger partial charge in [0.25, 0.3) is 0 Å². The summed E-state index contributed by atoms with van der Waals surface area (Å²) in [6, 6.07) is 37.6. The molecule has 0 atom stereocenters. The van der Waals surface area contributed by atoms with Gasteiger partial charge in [0.2, 0.25) is 0 Å². The Kier molecular flexibility index (Phi) is 11.4. The number of carbonyl (C=O) groups excluding carboxylic acids is 2. The van der Waals surface area contributed by atoms with E-state index in [9.17, 15) is 9.59 Å². The Balaban J connectivity index is 1.42. The minimum Gasteiger partial charge on any atom is -0.482 e. The van der Waals surface area contributed by atoms with Gasteiger partial charge in [-0.3, -0.25) is 0 Å². The summed E-state index contributed by atoms with van der Waals surface area (Å²) < 4.78 is 16.3.